The number of hydrogen-bond acceptors (Lipinski definition) is 6. The Morgan fingerprint density at radius 1 is 1.39 bits per heavy atom. The Balaban J connectivity index is 1.96. The monoisotopic (exact) mass is 394 g/mol. The van der Waals surface area contributed by atoms with Gasteiger partial charge in [0, 0.05) is 6.92 Å². The molecule has 1 saturated heterocycles. The highest BCUT2D eigenvalue weighted by atomic mass is 16.6. The first-order valence-corrected chi connectivity index (χ1v) is 10.4. The van der Waals surface area contributed by atoms with Crippen molar-refractivity contribution in [3.63, 3.8) is 0 Å². The first kappa shape index (κ1) is 21.3. The number of rotatable bonds is 4. The van der Waals surface area contributed by atoms with Gasteiger partial charge in [0.05, 0.1) is 0 Å². The van der Waals surface area contributed by atoms with E-state index in [4.69, 9.17) is 9.47 Å². The van der Waals surface area contributed by atoms with E-state index in [0.717, 1.165) is 25.7 Å². The van der Waals surface area contributed by atoms with Gasteiger partial charge < -0.3 is 19.7 Å². The van der Waals surface area contributed by atoms with Crippen molar-refractivity contribution >= 4 is 11.9 Å². The molecule has 2 aliphatic carbocycles. The highest BCUT2D eigenvalue weighted by Crippen LogP contribution is 2.58. The average Bonchev–Trinajstić information content (AvgIpc) is 2.86. The van der Waals surface area contributed by atoms with Crippen molar-refractivity contribution in [2.24, 2.45) is 22.7 Å². The summed E-state index contributed by atoms with van der Waals surface area (Å²) in [6.07, 6.45) is 4.29. The van der Waals surface area contributed by atoms with Gasteiger partial charge in [-0.15, -0.1) is 0 Å². The van der Waals surface area contributed by atoms with E-state index >= 15 is 0 Å². The van der Waals surface area contributed by atoms with Crippen LogP contribution in [0.1, 0.15) is 66.7 Å². The Morgan fingerprint density at radius 3 is 2.64 bits per heavy atom. The van der Waals surface area contributed by atoms with Crippen LogP contribution in [-0.2, 0) is 19.1 Å². The van der Waals surface area contributed by atoms with E-state index in [1.165, 1.54) is 12.5 Å². The van der Waals surface area contributed by atoms with Crippen molar-refractivity contribution in [3.8, 4) is 0 Å². The highest BCUT2D eigenvalue weighted by molar-refractivity contribution is 5.78. The first-order chi connectivity index (χ1) is 12.9. The molecule has 2 fully saturated rings. The van der Waals surface area contributed by atoms with Gasteiger partial charge >= 0.3 is 11.9 Å². The lowest BCUT2D eigenvalue weighted by Gasteiger charge is -2.54. The molecule has 0 spiro atoms. The number of esters is 2. The van der Waals surface area contributed by atoms with E-state index in [1.54, 1.807) is 0 Å². The highest BCUT2D eigenvalue weighted by Gasteiger charge is 2.59. The number of aliphatic hydroxyl groups is 2. The number of carbonyl (C=O) groups is 2. The van der Waals surface area contributed by atoms with Crippen molar-refractivity contribution in [1.29, 1.82) is 0 Å². The maximum Gasteiger partial charge on any atom is 0.338 e. The van der Waals surface area contributed by atoms with E-state index in [-0.39, 0.29) is 17.4 Å². The Bertz CT molecular complexity index is 683. The fourth-order valence-corrected chi connectivity index (χ4v) is 5.62. The minimum Gasteiger partial charge on any atom is -0.460 e. The van der Waals surface area contributed by atoms with Crippen molar-refractivity contribution in [1.82, 2.24) is 0 Å². The molecule has 2 N–H and O–H groups in total. The number of carbonyl (C=O) groups excluding carboxylic acids is 2. The molecule has 0 aromatic carbocycles. The summed E-state index contributed by atoms with van der Waals surface area (Å²) in [5.41, 5.74) is -0.573. The smallest absolute Gasteiger partial charge is 0.338 e. The molecule has 6 nitrogen and oxygen atoms in total. The third kappa shape index (κ3) is 3.39. The van der Waals surface area contributed by atoms with Crippen LogP contribution < -0.4 is 0 Å². The molecule has 1 saturated carbocycles. The molecular formula is C22H34O6. The molecule has 0 radical (unpaired) electrons. The maximum absolute atomic E-state index is 11.8. The fraction of sp³-hybridized carbons (Fsp3) is 0.818. The summed E-state index contributed by atoms with van der Waals surface area (Å²) < 4.78 is 10.4. The first-order valence-electron chi connectivity index (χ1n) is 10.4. The normalized spacial score (nSPS) is 40.9. The predicted molar refractivity (Wildman–Crippen MR) is 103 cm³/mol. The van der Waals surface area contributed by atoms with E-state index in [0.29, 0.717) is 18.3 Å². The number of ether oxygens (including phenoxy) is 2. The lowest BCUT2D eigenvalue weighted by atomic mass is 9.51. The van der Waals surface area contributed by atoms with Crippen LogP contribution in [-0.4, -0.2) is 46.6 Å². The van der Waals surface area contributed by atoms with Crippen molar-refractivity contribution in [2.75, 3.05) is 6.61 Å². The van der Waals surface area contributed by atoms with Gasteiger partial charge in [-0.3, -0.25) is 4.79 Å². The summed E-state index contributed by atoms with van der Waals surface area (Å²) >= 11 is 0. The molecule has 0 unspecified atom stereocenters. The van der Waals surface area contributed by atoms with Crippen LogP contribution in [0.15, 0.2) is 11.6 Å². The van der Waals surface area contributed by atoms with Gasteiger partial charge in [0.2, 0.25) is 0 Å². The molecule has 3 aliphatic rings. The van der Waals surface area contributed by atoms with Crippen LogP contribution >= 0.6 is 0 Å². The standard InChI is InChI=1S/C22H34O6/c1-13-8-9-15-16(7-6-10-20(15,3)4)21(13,5)11-17(28-14(2)23)22(26)12-27-19(25)18(22)24/h9,13,16-18,24,26H,6-8,10-12H2,1-5H3/t13-,16+,17+,18-,21+,22-/m0/s1. The molecule has 28 heavy (non-hydrogen) atoms. The molecule has 0 amide bonds. The van der Waals surface area contributed by atoms with Crippen LogP contribution in [0.5, 0.6) is 0 Å². The topological polar surface area (TPSA) is 93.1 Å². The third-order valence-electron chi connectivity index (χ3n) is 7.70. The lowest BCUT2D eigenvalue weighted by Crippen LogP contribution is -2.57. The SMILES string of the molecule is CC(=O)O[C@H](C[C@@]1(C)[C@@H]2CCCC(C)(C)C2=CC[C@@H]1C)[C@@]1(O)COC(=O)[C@@H]1O. The fourth-order valence-electron chi connectivity index (χ4n) is 5.62. The number of cyclic esters (lactones) is 1. The third-order valence-corrected chi connectivity index (χ3v) is 7.70. The number of hydrogen-bond donors (Lipinski definition) is 2. The molecule has 1 aliphatic heterocycles. The zero-order valence-electron chi connectivity index (χ0n) is 17.7. The Labute approximate surface area is 167 Å². The second kappa shape index (κ2) is 7.13. The van der Waals surface area contributed by atoms with Gasteiger partial charge in [-0.25, -0.2) is 4.79 Å². The summed E-state index contributed by atoms with van der Waals surface area (Å²) in [5, 5.41) is 21.3. The molecular weight excluding hydrogens is 360 g/mol. The maximum atomic E-state index is 11.8. The minimum atomic E-state index is -1.92. The summed E-state index contributed by atoms with van der Waals surface area (Å²) in [5.74, 6) is -0.790. The molecule has 0 bridgehead atoms. The summed E-state index contributed by atoms with van der Waals surface area (Å²) in [4.78, 5) is 23.6. The van der Waals surface area contributed by atoms with Gasteiger partial charge in [-0.2, -0.15) is 0 Å². The predicted octanol–water partition coefficient (Wildman–Crippen LogP) is 2.76. The van der Waals surface area contributed by atoms with Gasteiger partial charge in [0.25, 0.3) is 0 Å². The molecule has 6 atom stereocenters. The Kier molecular flexibility index (Phi) is 5.43. The van der Waals surface area contributed by atoms with Gasteiger partial charge in [-0.1, -0.05) is 45.8 Å². The second-order valence-corrected chi connectivity index (χ2v) is 9.93. The lowest BCUT2D eigenvalue weighted by molar-refractivity contribution is -0.184. The zero-order chi connectivity index (χ0) is 20.9. The van der Waals surface area contributed by atoms with Crippen LogP contribution in [0.2, 0.25) is 0 Å². The zero-order valence-corrected chi connectivity index (χ0v) is 17.7. The summed E-state index contributed by atoms with van der Waals surface area (Å²) in [7, 11) is 0. The van der Waals surface area contributed by atoms with Crippen LogP contribution in [0.4, 0.5) is 0 Å². The van der Waals surface area contributed by atoms with E-state index < -0.39 is 29.7 Å². The molecule has 1 heterocycles. The van der Waals surface area contributed by atoms with E-state index in [2.05, 4.69) is 33.8 Å². The van der Waals surface area contributed by atoms with Gasteiger partial charge in [0.1, 0.15) is 12.7 Å². The number of allylic oxidation sites excluding steroid dienone is 2. The van der Waals surface area contributed by atoms with Crippen molar-refractivity contribution in [2.45, 2.75) is 84.5 Å². The molecule has 0 aromatic heterocycles. The molecule has 6 heteroatoms. The van der Waals surface area contributed by atoms with Crippen LogP contribution in [0, 0.1) is 22.7 Å². The summed E-state index contributed by atoms with van der Waals surface area (Å²) in [6.45, 7) is 9.87. The molecule has 3 rings (SSSR count). The number of aliphatic hydroxyl groups excluding tert-OH is 1. The molecule has 0 aromatic rings. The Hall–Kier alpha value is -1.40. The second-order valence-electron chi connectivity index (χ2n) is 9.93. The Morgan fingerprint density at radius 2 is 2.07 bits per heavy atom. The van der Waals surface area contributed by atoms with Crippen LogP contribution in [0.25, 0.3) is 0 Å². The average molecular weight is 395 g/mol. The number of fused-ring (bicyclic) bond motifs is 1. The summed E-state index contributed by atoms with van der Waals surface area (Å²) in [6, 6.07) is 0. The molecule has 158 valence electrons. The van der Waals surface area contributed by atoms with Crippen molar-refractivity contribution < 1.29 is 29.3 Å². The van der Waals surface area contributed by atoms with E-state index in [9.17, 15) is 19.8 Å². The quantitative estimate of drug-likeness (QED) is 0.563. The minimum absolute atomic E-state index is 0.129. The van der Waals surface area contributed by atoms with Gasteiger partial charge in [0.15, 0.2) is 11.7 Å². The largest absolute Gasteiger partial charge is 0.460 e. The van der Waals surface area contributed by atoms with Crippen LogP contribution in [0.3, 0.4) is 0 Å². The van der Waals surface area contributed by atoms with E-state index in [1.807, 2.05) is 0 Å². The van der Waals surface area contributed by atoms with Gasteiger partial charge in [-0.05, 0) is 48.3 Å². The van der Waals surface area contributed by atoms with Crippen molar-refractivity contribution in [3.05, 3.63) is 11.6 Å².